The van der Waals surface area contributed by atoms with E-state index in [1.54, 1.807) is 0 Å². The van der Waals surface area contributed by atoms with Crippen LogP contribution in [-0.4, -0.2) is 47.7 Å². The molecule has 2 fully saturated rings. The van der Waals surface area contributed by atoms with Gasteiger partial charge in [0, 0.05) is 18.6 Å². The molecule has 1 amide bonds. The van der Waals surface area contributed by atoms with Crippen molar-refractivity contribution in [2.45, 2.75) is 37.8 Å². The maximum atomic E-state index is 11.3. The number of carboxylic acids is 1. The van der Waals surface area contributed by atoms with Gasteiger partial charge >= 0.3 is 5.97 Å². The minimum Gasteiger partial charge on any atom is -0.480 e. The topological polar surface area (TPSA) is 66.8 Å². The van der Waals surface area contributed by atoms with Crippen molar-refractivity contribution in [1.29, 1.82) is 0 Å². The number of rotatable bonds is 5. The van der Waals surface area contributed by atoms with Crippen LogP contribution in [0.4, 0.5) is 0 Å². The second-order valence-corrected chi connectivity index (χ2v) is 4.54. The van der Waals surface area contributed by atoms with Gasteiger partial charge in [-0.1, -0.05) is 0 Å². The lowest BCUT2D eigenvalue weighted by molar-refractivity contribution is -0.151. The second-order valence-electron chi connectivity index (χ2n) is 4.54. The molecule has 0 spiro atoms. The van der Waals surface area contributed by atoms with Crippen LogP contribution in [0.25, 0.3) is 0 Å². The first-order valence-electron chi connectivity index (χ1n) is 5.77. The molecule has 1 N–H and O–H groups in total. The number of ether oxygens (including phenoxy) is 1. The Morgan fingerprint density at radius 2 is 2.19 bits per heavy atom. The van der Waals surface area contributed by atoms with E-state index in [1.165, 1.54) is 4.90 Å². The Bertz CT molecular complexity index is 271. The van der Waals surface area contributed by atoms with Gasteiger partial charge in [-0.2, -0.15) is 0 Å². The maximum absolute atomic E-state index is 11.3. The molecule has 2 aliphatic rings. The SMILES string of the molecule is O=CN(C1CC1)C(C(=O)O)C1CCCOC1. The number of hydrogen-bond donors (Lipinski definition) is 1. The van der Waals surface area contributed by atoms with E-state index in [0.29, 0.717) is 19.6 Å². The lowest BCUT2D eigenvalue weighted by Crippen LogP contribution is -2.49. The van der Waals surface area contributed by atoms with E-state index in [2.05, 4.69) is 0 Å². The van der Waals surface area contributed by atoms with Crippen molar-refractivity contribution in [1.82, 2.24) is 4.90 Å². The maximum Gasteiger partial charge on any atom is 0.326 e. The molecule has 1 heterocycles. The summed E-state index contributed by atoms with van der Waals surface area (Å²) in [5.74, 6) is -0.966. The monoisotopic (exact) mass is 227 g/mol. The van der Waals surface area contributed by atoms with Gasteiger partial charge in [0.1, 0.15) is 6.04 Å². The molecule has 0 bridgehead atoms. The Balaban J connectivity index is 2.07. The van der Waals surface area contributed by atoms with Crippen molar-refractivity contribution in [2.24, 2.45) is 5.92 Å². The molecular weight excluding hydrogens is 210 g/mol. The van der Waals surface area contributed by atoms with Crippen LogP contribution in [0.2, 0.25) is 0 Å². The zero-order valence-corrected chi connectivity index (χ0v) is 9.17. The summed E-state index contributed by atoms with van der Waals surface area (Å²) in [6.07, 6.45) is 4.25. The van der Waals surface area contributed by atoms with Gasteiger partial charge in [0.2, 0.25) is 6.41 Å². The fourth-order valence-electron chi connectivity index (χ4n) is 2.34. The van der Waals surface area contributed by atoms with Crippen molar-refractivity contribution in [3.05, 3.63) is 0 Å². The number of amides is 1. The molecule has 1 aliphatic carbocycles. The van der Waals surface area contributed by atoms with Crippen LogP contribution >= 0.6 is 0 Å². The molecule has 5 heteroatoms. The van der Waals surface area contributed by atoms with Crippen molar-refractivity contribution >= 4 is 12.4 Å². The van der Waals surface area contributed by atoms with E-state index >= 15 is 0 Å². The molecule has 0 aromatic heterocycles. The highest BCUT2D eigenvalue weighted by Crippen LogP contribution is 2.31. The van der Waals surface area contributed by atoms with Gasteiger partial charge in [0.15, 0.2) is 0 Å². The van der Waals surface area contributed by atoms with Crippen LogP contribution in [-0.2, 0) is 14.3 Å². The molecule has 90 valence electrons. The summed E-state index contributed by atoms with van der Waals surface area (Å²) in [5.41, 5.74) is 0. The summed E-state index contributed by atoms with van der Waals surface area (Å²) < 4.78 is 5.30. The number of carbonyl (C=O) groups excluding carboxylic acids is 1. The van der Waals surface area contributed by atoms with Gasteiger partial charge in [-0.25, -0.2) is 4.79 Å². The molecule has 1 saturated heterocycles. The first-order valence-corrected chi connectivity index (χ1v) is 5.77. The highest BCUT2D eigenvalue weighted by Gasteiger charge is 2.41. The molecule has 0 aromatic carbocycles. The number of aliphatic carboxylic acids is 1. The van der Waals surface area contributed by atoms with E-state index in [4.69, 9.17) is 4.74 Å². The molecule has 0 aromatic rings. The molecule has 2 rings (SSSR count). The van der Waals surface area contributed by atoms with Crippen LogP contribution < -0.4 is 0 Å². The van der Waals surface area contributed by atoms with E-state index in [0.717, 1.165) is 25.7 Å². The van der Waals surface area contributed by atoms with Crippen LogP contribution in [0.15, 0.2) is 0 Å². The van der Waals surface area contributed by atoms with Crippen LogP contribution in [0.1, 0.15) is 25.7 Å². The Labute approximate surface area is 94.4 Å². The second kappa shape index (κ2) is 4.82. The number of hydrogen-bond acceptors (Lipinski definition) is 3. The third-order valence-corrected chi connectivity index (χ3v) is 3.31. The fourth-order valence-corrected chi connectivity index (χ4v) is 2.34. The number of nitrogens with zero attached hydrogens (tertiary/aromatic N) is 1. The molecule has 2 unspecified atom stereocenters. The van der Waals surface area contributed by atoms with Crippen LogP contribution in [0.3, 0.4) is 0 Å². The van der Waals surface area contributed by atoms with E-state index in [9.17, 15) is 14.7 Å². The predicted octanol–water partition coefficient (Wildman–Crippen LogP) is 0.487. The summed E-state index contributed by atoms with van der Waals surface area (Å²) in [7, 11) is 0. The van der Waals surface area contributed by atoms with Crippen LogP contribution in [0.5, 0.6) is 0 Å². The zero-order chi connectivity index (χ0) is 11.5. The lowest BCUT2D eigenvalue weighted by Gasteiger charge is -2.33. The fraction of sp³-hybridized carbons (Fsp3) is 0.818. The molecule has 1 aliphatic heterocycles. The Hall–Kier alpha value is -1.10. The quantitative estimate of drug-likeness (QED) is 0.694. The summed E-state index contributed by atoms with van der Waals surface area (Å²) in [6.45, 7) is 1.15. The summed E-state index contributed by atoms with van der Waals surface area (Å²) in [4.78, 5) is 23.7. The average Bonchev–Trinajstić information content (AvgIpc) is 3.10. The lowest BCUT2D eigenvalue weighted by atomic mass is 9.92. The molecule has 16 heavy (non-hydrogen) atoms. The van der Waals surface area contributed by atoms with Gasteiger partial charge in [0.25, 0.3) is 0 Å². The average molecular weight is 227 g/mol. The minimum atomic E-state index is -0.908. The first-order chi connectivity index (χ1) is 7.74. The van der Waals surface area contributed by atoms with Gasteiger partial charge in [0.05, 0.1) is 6.61 Å². The standard InChI is InChI=1S/C11H17NO4/c13-7-12(9-3-4-9)10(11(14)15)8-2-1-5-16-6-8/h7-10H,1-6H2,(H,14,15). The van der Waals surface area contributed by atoms with Gasteiger partial charge in [-0.15, -0.1) is 0 Å². The van der Waals surface area contributed by atoms with E-state index in [-0.39, 0.29) is 12.0 Å². The minimum absolute atomic E-state index is 0.0583. The summed E-state index contributed by atoms with van der Waals surface area (Å²) >= 11 is 0. The number of carbonyl (C=O) groups is 2. The molecule has 2 atom stereocenters. The summed E-state index contributed by atoms with van der Waals surface area (Å²) in [6, 6.07) is -0.564. The molecular formula is C11H17NO4. The van der Waals surface area contributed by atoms with Crippen molar-refractivity contribution in [3.63, 3.8) is 0 Å². The highest BCUT2D eigenvalue weighted by molar-refractivity contribution is 5.77. The van der Waals surface area contributed by atoms with Gasteiger partial charge < -0.3 is 14.7 Å². The normalized spacial score (nSPS) is 27.1. The number of carboxylic acid groups (broad SMARTS) is 1. The Kier molecular flexibility index (Phi) is 3.43. The van der Waals surface area contributed by atoms with E-state index in [1.807, 2.05) is 0 Å². The van der Waals surface area contributed by atoms with Crippen molar-refractivity contribution < 1.29 is 19.4 Å². The van der Waals surface area contributed by atoms with E-state index < -0.39 is 12.0 Å². The largest absolute Gasteiger partial charge is 0.480 e. The smallest absolute Gasteiger partial charge is 0.326 e. The Morgan fingerprint density at radius 3 is 2.62 bits per heavy atom. The van der Waals surface area contributed by atoms with Crippen molar-refractivity contribution in [3.8, 4) is 0 Å². The zero-order valence-electron chi connectivity index (χ0n) is 9.17. The van der Waals surface area contributed by atoms with Gasteiger partial charge in [-0.3, -0.25) is 4.79 Å². The van der Waals surface area contributed by atoms with Gasteiger partial charge in [-0.05, 0) is 25.7 Å². The third kappa shape index (κ3) is 2.35. The van der Waals surface area contributed by atoms with Crippen molar-refractivity contribution in [2.75, 3.05) is 13.2 Å². The third-order valence-electron chi connectivity index (χ3n) is 3.31. The molecule has 1 saturated carbocycles. The molecule has 5 nitrogen and oxygen atoms in total. The van der Waals surface area contributed by atoms with Crippen LogP contribution in [0, 0.1) is 5.92 Å². The first kappa shape index (κ1) is 11.4. The molecule has 0 radical (unpaired) electrons. The Morgan fingerprint density at radius 1 is 1.44 bits per heavy atom. The summed E-state index contributed by atoms with van der Waals surface area (Å²) in [5, 5.41) is 9.25. The predicted molar refractivity (Wildman–Crippen MR) is 55.9 cm³/mol. The highest BCUT2D eigenvalue weighted by atomic mass is 16.5.